The highest BCUT2D eigenvalue weighted by atomic mass is 32.1. The number of hydrogen-bond acceptors (Lipinski definition) is 2. The SMILES string of the molecule is COc1cccc2c1[nH]c(=S)n2-c1cccc(F)c1C. The van der Waals surface area contributed by atoms with Gasteiger partial charge in [-0.25, -0.2) is 4.39 Å². The number of H-pyrrole nitrogens is 1. The standard InChI is InChI=1S/C15H13FN2OS/c1-9-10(16)5-3-6-11(9)18-12-7-4-8-13(19-2)14(12)17-15(18)20/h3-8H,1-2H3,(H,17,20). The molecule has 3 rings (SSSR count). The zero-order chi connectivity index (χ0) is 14.3. The summed E-state index contributed by atoms with van der Waals surface area (Å²) in [5.41, 5.74) is 2.97. The van der Waals surface area contributed by atoms with Crippen LogP contribution in [0.4, 0.5) is 4.39 Å². The smallest absolute Gasteiger partial charge is 0.182 e. The summed E-state index contributed by atoms with van der Waals surface area (Å²) in [6, 6.07) is 10.6. The van der Waals surface area contributed by atoms with E-state index in [1.807, 2.05) is 28.8 Å². The maximum absolute atomic E-state index is 13.8. The van der Waals surface area contributed by atoms with Gasteiger partial charge < -0.3 is 9.72 Å². The van der Waals surface area contributed by atoms with Crippen molar-refractivity contribution < 1.29 is 9.13 Å². The van der Waals surface area contributed by atoms with Gasteiger partial charge in [0.25, 0.3) is 0 Å². The first-order valence-electron chi connectivity index (χ1n) is 6.16. The zero-order valence-corrected chi connectivity index (χ0v) is 11.9. The summed E-state index contributed by atoms with van der Waals surface area (Å²) in [5.74, 6) is 0.461. The van der Waals surface area contributed by atoms with Gasteiger partial charge in [-0.1, -0.05) is 12.1 Å². The maximum Gasteiger partial charge on any atom is 0.182 e. The molecule has 1 heterocycles. The van der Waals surface area contributed by atoms with Gasteiger partial charge >= 0.3 is 0 Å². The second-order valence-corrected chi connectivity index (χ2v) is 4.89. The lowest BCUT2D eigenvalue weighted by Crippen LogP contribution is -1.99. The highest BCUT2D eigenvalue weighted by Crippen LogP contribution is 2.28. The molecule has 3 nitrogen and oxygen atoms in total. The van der Waals surface area contributed by atoms with Crippen molar-refractivity contribution in [2.24, 2.45) is 0 Å². The predicted octanol–water partition coefficient (Wildman–Crippen LogP) is 4.14. The number of fused-ring (bicyclic) bond motifs is 1. The predicted molar refractivity (Wildman–Crippen MR) is 79.7 cm³/mol. The van der Waals surface area contributed by atoms with Crippen molar-refractivity contribution in [2.75, 3.05) is 7.11 Å². The van der Waals surface area contributed by atoms with E-state index in [0.717, 1.165) is 16.7 Å². The van der Waals surface area contributed by atoms with Crippen LogP contribution >= 0.6 is 12.2 Å². The molecule has 0 spiro atoms. The molecule has 0 unspecified atom stereocenters. The van der Waals surface area contributed by atoms with E-state index in [4.69, 9.17) is 17.0 Å². The largest absolute Gasteiger partial charge is 0.494 e. The number of rotatable bonds is 2. The van der Waals surface area contributed by atoms with Crippen molar-refractivity contribution in [3.05, 3.63) is 52.5 Å². The van der Waals surface area contributed by atoms with Crippen molar-refractivity contribution in [3.63, 3.8) is 0 Å². The van der Waals surface area contributed by atoms with E-state index in [1.165, 1.54) is 6.07 Å². The minimum absolute atomic E-state index is 0.248. The molecular weight excluding hydrogens is 275 g/mol. The number of aromatic nitrogens is 2. The third-order valence-corrected chi connectivity index (χ3v) is 3.66. The van der Waals surface area contributed by atoms with Gasteiger partial charge in [-0.05, 0) is 43.4 Å². The summed E-state index contributed by atoms with van der Waals surface area (Å²) in [7, 11) is 1.61. The van der Waals surface area contributed by atoms with E-state index in [-0.39, 0.29) is 5.82 Å². The summed E-state index contributed by atoms with van der Waals surface area (Å²) >= 11 is 5.37. The minimum Gasteiger partial charge on any atom is -0.494 e. The molecule has 1 aromatic heterocycles. The Hall–Kier alpha value is -2.14. The number of nitrogens with zero attached hydrogens (tertiary/aromatic N) is 1. The number of benzene rings is 2. The molecule has 0 radical (unpaired) electrons. The van der Waals surface area contributed by atoms with Crippen LogP contribution in [0.2, 0.25) is 0 Å². The number of halogens is 1. The molecule has 0 atom stereocenters. The van der Waals surface area contributed by atoms with Crippen LogP contribution < -0.4 is 4.74 Å². The number of hydrogen-bond donors (Lipinski definition) is 1. The van der Waals surface area contributed by atoms with Crippen molar-refractivity contribution >= 4 is 23.3 Å². The number of methoxy groups -OCH3 is 1. The molecule has 102 valence electrons. The highest BCUT2D eigenvalue weighted by molar-refractivity contribution is 7.71. The van der Waals surface area contributed by atoms with Crippen LogP contribution in [0.3, 0.4) is 0 Å². The Morgan fingerprint density at radius 2 is 1.95 bits per heavy atom. The Bertz CT molecular complexity index is 851. The molecule has 0 aliphatic heterocycles. The first kappa shape index (κ1) is 12.9. The van der Waals surface area contributed by atoms with Crippen LogP contribution in [-0.4, -0.2) is 16.7 Å². The average molecular weight is 288 g/mol. The van der Waals surface area contributed by atoms with Crippen LogP contribution in [0.5, 0.6) is 5.75 Å². The molecule has 0 saturated heterocycles. The van der Waals surface area contributed by atoms with Gasteiger partial charge in [0.05, 0.1) is 18.3 Å². The second-order valence-electron chi connectivity index (χ2n) is 4.50. The molecule has 3 aromatic rings. The molecule has 5 heteroatoms. The monoisotopic (exact) mass is 288 g/mol. The zero-order valence-electron chi connectivity index (χ0n) is 11.1. The fraction of sp³-hybridized carbons (Fsp3) is 0.133. The molecule has 0 saturated carbocycles. The van der Waals surface area contributed by atoms with E-state index >= 15 is 0 Å². The van der Waals surface area contributed by atoms with Crippen molar-refractivity contribution in [1.82, 2.24) is 9.55 Å². The lowest BCUT2D eigenvalue weighted by Gasteiger charge is -2.09. The molecule has 0 amide bonds. The van der Waals surface area contributed by atoms with E-state index < -0.39 is 0 Å². The normalized spacial score (nSPS) is 10.9. The number of nitrogens with one attached hydrogen (secondary N) is 1. The lowest BCUT2D eigenvalue weighted by atomic mass is 10.2. The topological polar surface area (TPSA) is 29.9 Å². The maximum atomic E-state index is 13.8. The third-order valence-electron chi connectivity index (χ3n) is 3.38. The quantitative estimate of drug-likeness (QED) is 0.718. The van der Waals surface area contributed by atoms with Crippen LogP contribution in [-0.2, 0) is 0 Å². The van der Waals surface area contributed by atoms with Crippen LogP contribution in [0.25, 0.3) is 16.7 Å². The number of ether oxygens (including phenoxy) is 1. The molecule has 2 aromatic carbocycles. The molecule has 20 heavy (non-hydrogen) atoms. The van der Waals surface area contributed by atoms with Gasteiger partial charge in [0.15, 0.2) is 4.77 Å². The fourth-order valence-electron chi connectivity index (χ4n) is 2.35. The van der Waals surface area contributed by atoms with Crippen molar-refractivity contribution in [3.8, 4) is 11.4 Å². The summed E-state index contributed by atoms with van der Waals surface area (Å²) in [4.78, 5) is 3.12. The van der Waals surface area contributed by atoms with Gasteiger partial charge in [-0.15, -0.1) is 0 Å². The third kappa shape index (κ3) is 1.82. The van der Waals surface area contributed by atoms with Crippen molar-refractivity contribution in [2.45, 2.75) is 6.92 Å². The number of imidazole rings is 1. The van der Waals surface area contributed by atoms with Crippen LogP contribution in [0.1, 0.15) is 5.56 Å². The summed E-state index contributed by atoms with van der Waals surface area (Å²) in [5, 5.41) is 0. The van der Waals surface area contributed by atoms with Gasteiger partial charge in [0.2, 0.25) is 0 Å². The van der Waals surface area contributed by atoms with Gasteiger partial charge in [0.1, 0.15) is 17.1 Å². The number of para-hydroxylation sites is 1. The lowest BCUT2D eigenvalue weighted by molar-refractivity contribution is 0.419. The molecular formula is C15H13FN2OS. The molecule has 1 N–H and O–H groups in total. The first-order valence-corrected chi connectivity index (χ1v) is 6.57. The van der Waals surface area contributed by atoms with Gasteiger partial charge in [-0.3, -0.25) is 4.57 Å². The second kappa shape index (κ2) is 4.76. The summed E-state index contributed by atoms with van der Waals surface area (Å²) in [6.07, 6.45) is 0. The number of aromatic amines is 1. The Balaban J connectivity index is 2.40. The van der Waals surface area contributed by atoms with Gasteiger partial charge in [-0.2, -0.15) is 0 Å². The van der Waals surface area contributed by atoms with Crippen LogP contribution in [0, 0.1) is 17.5 Å². The molecule has 0 aliphatic rings. The molecule has 0 fully saturated rings. The first-order chi connectivity index (χ1) is 9.63. The summed E-state index contributed by atoms with van der Waals surface area (Å²) < 4.78 is 21.4. The molecule has 0 aliphatic carbocycles. The Morgan fingerprint density at radius 3 is 2.70 bits per heavy atom. The Morgan fingerprint density at radius 1 is 1.20 bits per heavy atom. The average Bonchev–Trinajstić information content (AvgIpc) is 2.78. The van der Waals surface area contributed by atoms with E-state index in [0.29, 0.717) is 16.1 Å². The fourth-order valence-corrected chi connectivity index (χ4v) is 2.65. The highest BCUT2D eigenvalue weighted by Gasteiger charge is 2.13. The van der Waals surface area contributed by atoms with Gasteiger partial charge in [0, 0.05) is 5.56 Å². The van der Waals surface area contributed by atoms with E-state index in [1.54, 1.807) is 20.1 Å². The Labute approximate surface area is 120 Å². The molecule has 0 bridgehead atoms. The van der Waals surface area contributed by atoms with Crippen molar-refractivity contribution in [1.29, 1.82) is 0 Å². The van der Waals surface area contributed by atoms with Crippen LogP contribution in [0.15, 0.2) is 36.4 Å². The Kier molecular flexibility index (Phi) is 3.06. The minimum atomic E-state index is -0.248. The van der Waals surface area contributed by atoms with E-state index in [2.05, 4.69) is 4.98 Å². The summed E-state index contributed by atoms with van der Waals surface area (Å²) in [6.45, 7) is 1.74. The van der Waals surface area contributed by atoms with E-state index in [9.17, 15) is 4.39 Å².